The van der Waals surface area contributed by atoms with E-state index < -0.39 is 0 Å². The first-order valence-electron chi connectivity index (χ1n) is 8.12. The fourth-order valence-corrected chi connectivity index (χ4v) is 3.77. The number of ether oxygens (including phenoxy) is 2. The summed E-state index contributed by atoms with van der Waals surface area (Å²) in [6.07, 6.45) is 2.96. The number of carbonyl (C=O) groups is 1. The Hall–Kier alpha value is -2.54. The van der Waals surface area contributed by atoms with Gasteiger partial charge in [-0.3, -0.25) is 10.1 Å². The maximum absolute atomic E-state index is 12.2. The summed E-state index contributed by atoms with van der Waals surface area (Å²) >= 11 is 13.5. The summed E-state index contributed by atoms with van der Waals surface area (Å²) in [7, 11) is 3.12. The fourth-order valence-electron chi connectivity index (χ4n) is 2.46. The van der Waals surface area contributed by atoms with E-state index in [1.54, 1.807) is 25.3 Å². The number of aromatic nitrogens is 1. The summed E-state index contributed by atoms with van der Waals surface area (Å²) in [5.74, 6) is 0.897. The van der Waals surface area contributed by atoms with E-state index in [2.05, 4.69) is 10.3 Å². The summed E-state index contributed by atoms with van der Waals surface area (Å²) < 4.78 is 10.4. The number of anilines is 1. The molecule has 0 saturated heterocycles. The van der Waals surface area contributed by atoms with Crippen molar-refractivity contribution in [3.63, 3.8) is 0 Å². The number of nitrogens with one attached hydrogen (secondary N) is 1. The van der Waals surface area contributed by atoms with Gasteiger partial charge in [0.25, 0.3) is 0 Å². The molecule has 5 nitrogen and oxygen atoms in total. The van der Waals surface area contributed by atoms with Gasteiger partial charge in [0.2, 0.25) is 5.91 Å². The Morgan fingerprint density at radius 1 is 1.14 bits per heavy atom. The molecule has 144 valence electrons. The van der Waals surface area contributed by atoms with Crippen molar-refractivity contribution in [3.05, 3.63) is 63.5 Å². The molecule has 0 spiro atoms. The van der Waals surface area contributed by atoms with Gasteiger partial charge in [-0.15, -0.1) is 11.3 Å². The molecule has 1 N–H and O–H groups in total. The molecule has 28 heavy (non-hydrogen) atoms. The molecule has 0 saturated carbocycles. The van der Waals surface area contributed by atoms with Crippen LogP contribution in [-0.4, -0.2) is 25.1 Å². The van der Waals surface area contributed by atoms with Gasteiger partial charge in [-0.2, -0.15) is 0 Å². The standard InChI is InChI=1S/C20H16Cl2N2O3S/c1-26-15-6-3-12(4-7-15)17-11-28-20(23-17)24-18(25)8-5-13-9-14(21)10-16(22)19(13)27-2/h3-11H,1-2H3,(H,23,24,25)/b8-5+. The first-order valence-corrected chi connectivity index (χ1v) is 9.75. The van der Waals surface area contributed by atoms with Crippen LogP contribution in [0.2, 0.25) is 10.0 Å². The Bertz CT molecular complexity index is 1020. The first kappa shape index (κ1) is 20.2. The number of carbonyl (C=O) groups excluding carboxylic acids is 1. The van der Waals surface area contributed by atoms with Gasteiger partial charge in [0.05, 0.1) is 24.9 Å². The quantitative estimate of drug-likeness (QED) is 0.498. The molecule has 0 aliphatic carbocycles. The number of thiazole rings is 1. The van der Waals surface area contributed by atoms with E-state index in [4.69, 9.17) is 32.7 Å². The lowest BCUT2D eigenvalue weighted by molar-refractivity contribution is -0.111. The van der Waals surface area contributed by atoms with Crippen molar-refractivity contribution in [3.8, 4) is 22.8 Å². The van der Waals surface area contributed by atoms with E-state index in [-0.39, 0.29) is 5.91 Å². The monoisotopic (exact) mass is 434 g/mol. The third kappa shape index (κ3) is 4.84. The largest absolute Gasteiger partial charge is 0.497 e. The van der Waals surface area contributed by atoms with Gasteiger partial charge in [-0.25, -0.2) is 4.98 Å². The van der Waals surface area contributed by atoms with Crippen LogP contribution in [0.25, 0.3) is 17.3 Å². The van der Waals surface area contributed by atoms with Crippen molar-refractivity contribution in [2.24, 2.45) is 0 Å². The smallest absolute Gasteiger partial charge is 0.250 e. The van der Waals surface area contributed by atoms with Crippen LogP contribution in [0.1, 0.15) is 5.56 Å². The van der Waals surface area contributed by atoms with Crippen molar-refractivity contribution in [2.75, 3.05) is 19.5 Å². The Kier molecular flexibility index (Phi) is 6.57. The molecule has 0 unspecified atom stereocenters. The highest BCUT2D eigenvalue weighted by Crippen LogP contribution is 2.33. The Balaban J connectivity index is 1.70. The molecule has 0 atom stereocenters. The van der Waals surface area contributed by atoms with Gasteiger partial charge in [-0.05, 0) is 42.5 Å². The maximum Gasteiger partial charge on any atom is 0.250 e. The van der Waals surface area contributed by atoms with Crippen molar-refractivity contribution < 1.29 is 14.3 Å². The van der Waals surface area contributed by atoms with Crippen molar-refractivity contribution in [1.82, 2.24) is 4.98 Å². The number of rotatable bonds is 6. The van der Waals surface area contributed by atoms with Crippen molar-refractivity contribution >= 4 is 51.7 Å². The van der Waals surface area contributed by atoms with Gasteiger partial charge in [0.15, 0.2) is 5.13 Å². The number of nitrogens with zero attached hydrogens (tertiary/aromatic N) is 1. The summed E-state index contributed by atoms with van der Waals surface area (Å²) in [4.78, 5) is 16.7. The molecule has 1 amide bonds. The highest BCUT2D eigenvalue weighted by Gasteiger charge is 2.09. The molecule has 2 aromatic carbocycles. The third-order valence-electron chi connectivity index (χ3n) is 3.78. The second-order valence-electron chi connectivity index (χ2n) is 5.60. The molecule has 1 aromatic heterocycles. The molecular weight excluding hydrogens is 419 g/mol. The lowest BCUT2D eigenvalue weighted by atomic mass is 10.2. The van der Waals surface area contributed by atoms with Crippen LogP contribution in [-0.2, 0) is 4.79 Å². The van der Waals surface area contributed by atoms with E-state index in [1.807, 2.05) is 29.6 Å². The molecule has 3 aromatic rings. The lowest BCUT2D eigenvalue weighted by Gasteiger charge is -2.07. The normalized spacial score (nSPS) is 10.9. The van der Waals surface area contributed by atoms with Gasteiger partial charge < -0.3 is 9.47 Å². The molecule has 0 aliphatic rings. The molecule has 3 rings (SSSR count). The van der Waals surface area contributed by atoms with Crippen LogP contribution in [0, 0.1) is 0 Å². The maximum atomic E-state index is 12.2. The average molecular weight is 435 g/mol. The molecule has 0 bridgehead atoms. The third-order valence-corrected chi connectivity index (χ3v) is 5.03. The number of benzene rings is 2. The van der Waals surface area contributed by atoms with Crippen LogP contribution < -0.4 is 14.8 Å². The molecular formula is C20H16Cl2N2O3S. The Morgan fingerprint density at radius 2 is 1.89 bits per heavy atom. The zero-order valence-corrected chi connectivity index (χ0v) is 17.4. The van der Waals surface area contributed by atoms with Gasteiger partial charge in [-0.1, -0.05) is 23.2 Å². The van der Waals surface area contributed by atoms with E-state index in [0.29, 0.717) is 26.5 Å². The number of hydrogen-bond donors (Lipinski definition) is 1. The number of hydrogen-bond acceptors (Lipinski definition) is 5. The minimum absolute atomic E-state index is 0.325. The van der Waals surface area contributed by atoms with E-state index in [9.17, 15) is 4.79 Å². The summed E-state index contributed by atoms with van der Waals surface area (Å²) in [6.45, 7) is 0. The summed E-state index contributed by atoms with van der Waals surface area (Å²) in [6, 6.07) is 10.8. The highest BCUT2D eigenvalue weighted by atomic mass is 35.5. The zero-order chi connectivity index (χ0) is 20.1. The number of methoxy groups -OCH3 is 2. The topological polar surface area (TPSA) is 60.5 Å². The molecule has 8 heteroatoms. The minimum atomic E-state index is -0.325. The Morgan fingerprint density at radius 3 is 2.57 bits per heavy atom. The van der Waals surface area contributed by atoms with E-state index in [0.717, 1.165) is 17.0 Å². The summed E-state index contributed by atoms with van der Waals surface area (Å²) in [5, 5.41) is 5.94. The van der Waals surface area contributed by atoms with E-state index in [1.165, 1.54) is 24.5 Å². The SMILES string of the molecule is COc1ccc(-c2csc(NC(=O)/C=C/c3cc(Cl)cc(Cl)c3OC)n2)cc1. The predicted octanol–water partition coefficient (Wildman–Crippen LogP) is 5.79. The predicted molar refractivity (Wildman–Crippen MR) is 115 cm³/mol. The summed E-state index contributed by atoms with van der Waals surface area (Å²) in [5.41, 5.74) is 2.31. The Labute approximate surface area is 176 Å². The molecule has 1 heterocycles. The van der Waals surface area contributed by atoms with Crippen LogP contribution in [0.3, 0.4) is 0 Å². The van der Waals surface area contributed by atoms with Crippen molar-refractivity contribution in [2.45, 2.75) is 0 Å². The fraction of sp³-hybridized carbons (Fsp3) is 0.100. The van der Waals surface area contributed by atoms with Crippen LogP contribution in [0.4, 0.5) is 5.13 Å². The molecule has 0 radical (unpaired) electrons. The van der Waals surface area contributed by atoms with Crippen LogP contribution in [0.5, 0.6) is 11.5 Å². The first-order chi connectivity index (χ1) is 13.5. The van der Waals surface area contributed by atoms with Gasteiger partial charge in [0, 0.05) is 27.6 Å². The molecule has 0 fully saturated rings. The second kappa shape index (κ2) is 9.10. The highest BCUT2D eigenvalue weighted by molar-refractivity contribution is 7.14. The number of amides is 1. The average Bonchev–Trinajstić information content (AvgIpc) is 3.14. The second-order valence-corrected chi connectivity index (χ2v) is 7.30. The molecule has 0 aliphatic heterocycles. The number of halogens is 2. The zero-order valence-electron chi connectivity index (χ0n) is 15.0. The van der Waals surface area contributed by atoms with Gasteiger partial charge in [0.1, 0.15) is 11.5 Å². The van der Waals surface area contributed by atoms with Crippen LogP contribution in [0.15, 0.2) is 47.9 Å². The van der Waals surface area contributed by atoms with Crippen molar-refractivity contribution in [1.29, 1.82) is 0 Å². The minimum Gasteiger partial charge on any atom is -0.497 e. The van der Waals surface area contributed by atoms with E-state index >= 15 is 0 Å². The van der Waals surface area contributed by atoms with Gasteiger partial charge >= 0.3 is 0 Å². The van der Waals surface area contributed by atoms with Crippen LogP contribution >= 0.6 is 34.5 Å². The lowest BCUT2D eigenvalue weighted by Crippen LogP contribution is -2.07.